The number of carbonyl (C=O) groups excluding carboxylic acids is 4. The number of pyridine rings is 1. The van der Waals surface area contributed by atoms with E-state index in [0.29, 0.717) is 23.7 Å². The molecule has 3 heterocycles. The van der Waals surface area contributed by atoms with E-state index in [1.165, 1.54) is 4.90 Å². The molecule has 1 unspecified atom stereocenters. The maximum atomic E-state index is 14.1. The molecule has 3 atom stereocenters. The minimum atomic E-state index is -1.13. The highest BCUT2D eigenvalue weighted by atomic mass is 16.6. The molecule has 0 radical (unpaired) electrons. The molecule has 0 saturated carbocycles. The van der Waals surface area contributed by atoms with Crippen LogP contribution in [0.4, 0.5) is 15.4 Å². The molecule has 52 heavy (non-hydrogen) atoms. The number of carbonyl (C=O) groups is 4. The van der Waals surface area contributed by atoms with Crippen LogP contribution in [-0.2, 0) is 38.6 Å². The topological polar surface area (TPSA) is 119 Å². The van der Waals surface area contributed by atoms with Gasteiger partial charge in [0.2, 0.25) is 5.91 Å². The quantitative estimate of drug-likeness (QED) is 0.127. The molecule has 1 aromatic heterocycles. The number of anilines is 1. The Morgan fingerprint density at radius 2 is 1.58 bits per heavy atom. The number of aromatic nitrogens is 1. The average molecular weight is 705 g/mol. The van der Waals surface area contributed by atoms with Gasteiger partial charge in [-0.1, -0.05) is 72.8 Å². The van der Waals surface area contributed by atoms with Crippen LogP contribution < -0.4 is 9.64 Å². The Hall–Kier alpha value is -5.71. The lowest BCUT2D eigenvalue weighted by Crippen LogP contribution is -2.69. The Labute approximate surface area is 304 Å². The fraction of sp³-hybridized carbons (Fsp3) is 0.341. The molecule has 4 aromatic rings. The molecule has 2 aliphatic heterocycles. The van der Waals surface area contributed by atoms with Gasteiger partial charge in [0.1, 0.15) is 23.8 Å². The number of ether oxygens (including phenoxy) is 3. The molecule has 0 aliphatic carbocycles. The predicted molar refractivity (Wildman–Crippen MR) is 194 cm³/mol. The van der Waals surface area contributed by atoms with Crippen molar-refractivity contribution in [1.29, 1.82) is 0 Å². The molecule has 0 N–H and O–H groups in total. The summed E-state index contributed by atoms with van der Waals surface area (Å²) in [5.41, 5.74) is 2.48. The van der Waals surface area contributed by atoms with Crippen molar-refractivity contribution >= 4 is 29.8 Å². The van der Waals surface area contributed by atoms with E-state index < -0.39 is 41.6 Å². The van der Waals surface area contributed by atoms with E-state index in [4.69, 9.17) is 14.2 Å². The van der Waals surface area contributed by atoms with Gasteiger partial charge in [-0.2, -0.15) is 0 Å². The highest BCUT2D eigenvalue weighted by Crippen LogP contribution is 2.38. The number of urea groups is 1. The molecule has 270 valence electrons. The third-order valence-electron chi connectivity index (χ3n) is 9.22. The molecule has 11 heteroatoms. The van der Waals surface area contributed by atoms with Gasteiger partial charge >= 0.3 is 18.1 Å². The number of methoxy groups -OCH3 is 1. The van der Waals surface area contributed by atoms with Gasteiger partial charge in [0.05, 0.1) is 25.6 Å². The smallest absolute Gasteiger partial charge is 0.416 e. The van der Waals surface area contributed by atoms with Crippen molar-refractivity contribution in [3.05, 3.63) is 126 Å². The zero-order chi connectivity index (χ0) is 36.8. The van der Waals surface area contributed by atoms with Crippen LogP contribution >= 0.6 is 0 Å². The van der Waals surface area contributed by atoms with Crippen molar-refractivity contribution in [1.82, 2.24) is 14.8 Å². The number of hydrogen-bond acceptors (Lipinski definition) is 8. The van der Waals surface area contributed by atoms with E-state index in [9.17, 15) is 19.2 Å². The first kappa shape index (κ1) is 36.1. The van der Waals surface area contributed by atoms with Gasteiger partial charge in [0.25, 0.3) is 0 Å². The second-order valence-electron chi connectivity index (χ2n) is 14.0. The molecule has 6 rings (SSSR count). The molecular weight excluding hydrogens is 660 g/mol. The van der Waals surface area contributed by atoms with Crippen molar-refractivity contribution < 1.29 is 33.4 Å². The van der Waals surface area contributed by atoms with E-state index in [2.05, 4.69) is 4.98 Å². The number of esters is 1. The van der Waals surface area contributed by atoms with Crippen LogP contribution in [-0.4, -0.2) is 64.1 Å². The molecule has 11 nitrogen and oxygen atoms in total. The van der Waals surface area contributed by atoms with Crippen molar-refractivity contribution in [2.75, 3.05) is 18.6 Å². The SMILES string of the molecule is COc1ccc(CN(C(=O)OC(C)(C)C)c2cc(C[C@H]3C(=O)N(C(=O)N4CCCC4c4ccccc4)[C@@H]3C(=O)OCc3ccccc3)ccn2)cc1. The Balaban J connectivity index is 1.26. The van der Waals surface area contributed by atoms with Gasteiger partial charge in [0.15, 0.2) is 6.04 Å². The fourth-order valence-corrected chi connectivity index (χ4v) is 6.66. The first-order chi connectivity index (χ1) is 25.0. The summed E-state index contributed by atoms with van der Waals surface area (Å²) in [6.07, 6.45) is 2.62. The summed E-state index contributed by atoms with van der Waals surface area (Å²) in [5.74, 6) is -0.972. The number of hydrogen-bond donors (Lipinski definition) is 0. The number of likely N-dealkylation sites (tertiary alicyclic amines) is 2. The van der Waals surface area contributed by atoms with Crippen LogP contribution in [0.2, 0.25) is 0 Å². The largest absolute Gasteiger partial charge is 0.497 e. The highest BCUT2D eigenvalue weighted by molar-refractivity contribution is 6.08. The number of amides is 4. The van der Waals surface area contributed by atoms with Gasteiger partial charge < -0.3 is 19.1 Å². The molecule has 3 aromatic carbocycles. The van der Waals surface area contributed by atoms with Crippen LogP contribution in [0.5, 0.6) is 5.75 Å². The lowest BCUT2D eigenvalue weighted by Gasteiger charge is -2.46. The van der Waals surface area contributed by atoms with Crippen LogP contribution in [0, 0.1) is 5.92 Å². The average Bonchev–Trinajstić information content (AvgIpc) is 3.65. The minimum absolute atomic E-state index is 0.00504. The van der Waals surface area contributed by atoms with Gasteiger partial charge in [-0.3, -0.25) is 9.69 Å². The van der Waals surface area contributed by atoms with Crippen LogP contribution in [0.15, 0.2) is 103 Å². The van der Waals surface area contributed by atoms with Crippen molar-refractivity contribution in [2.24, 2.45) is 5.92 Å². The molecule has 2 aliphatic rings. The van der Waals surface area contributed by atoms with Crippen molar-refractivity contribution in [3.63, 3.8) is 0 Å². The van der Waals surface area contributed by atoms with Gasteiger partial charge in [-0.25, -0.2) is 24.3 Å². The molecule has 0 bridgehead atoms. The monoisotopic (exact) mass is 704 g/mol. The lowest BCUT2D eigenvalue weighted by molar-refractivity contribution is -0.171. The number of rotatable bonds is 10. The standard InChI is InChI=1S/C41H44N4O7/c1-41(2,3)52-40(49)44(26-28-17-19-32(50-4)20-18-28)35-25-30(21-22-42-35)24-33-36(38(47)51-27-29-12-7-5-8-13-29)45(37(33)46)39(48)43-23-11-16-34(43)31-14-9-6-10-15-31/h5-10,12-15,17-22,25,33-34,36H,11,16,23-24,26-27H2,1-4H3/t33-,34?,36+/m1/s1. The van der Waals surface area contributed by atoms with Crippen LogP contribution in [0.25, 0.3) is 0 Å². The number of nitrogens with zero attached hydrogens (tertiary/aromatic N) is 4. The van der Waals surface area contributed by atoms with Gasteiger partial charge in [-0.15, -0.1) is 0 Å². The van der Waals surface area contributed by atoms with Gasteiger partial charge in [-0.05, 0) is 86.6 Å². The van der Waals surface area contributed by atoms with Crippen molar-refractivity contribution in [2.45, 2.75) is 70.9 Å². The Bertz CT molecular complexity index is 1880. The molecule has 0 spiro atoms. The molecule has 2 saturated heterocycles. The first-order valence-electron chi connectivity index (χ1n) is 17.5. The summed E-state index contributed by atoms with van der Waals surface area (Å²) in [7, 11) is 1.58. The Morgan fingerprint density at radius 1 is 0.885 bits per heavy atom. The second kappa shape index (κ2) is 15.7. The number of benzene rings is 3. The number of imide groups is 1. The number of β-lactam (4-membered cyclic amide) rings is 1. The zero-order valence-electron chi connectivity index (χ0n) is 29.9. The van der Waals surface area contributed by atoms with E-state index in [1.54, 1.807) is 51.1 Å². The fourth-order valence-electron chi connectivity index (χ4n) is 6.66. The third-order valence-corrected chi connectivity index (χ3v) is 9.22. The molecule has 2 fully saturated rings. The summed E-state index contributed by atoms with van der Waals surface area (Å²) >= 11 is 0. The Morgan fingerprint density at radius 3 is 2.25 bits per heavy atom. The maximum absolute atomic E-state index is 14.1. The summed E-state index contributed by atoms with van der Waals surface area (Å²) in [6, 6.07) is 27.9. The molecular formula is C41H44N4O7. The summed E-state index contributed by atoms with van der Waals surface area (Å²) < 4.78 is 16.8. The van der Waals surface area contributed by atoms with E-state index >= 15 is 0 Å². The predicted octanol–water partition coefficient (Wildman–Crippen LogP) is 7.10. The van der Waals surface area contributed by atoms with Gasteiger partial charge in [0, 0.05) is 12.7 Å². The summed E-state index contributed by atoms with van der Waals surface area (Å²) in [4.78, 5) is 64.0. The summed E-state index contributed by atoms with van der Waals surface area (Å²) in [6.45, 7) is 6.00. The summed E-state index contributed by atoms with van der Waals surface area (Å²) in [5, 5.41) is 0. The maximum Gasteiger partial charge on any atom is 0.416 e. The second-order valence-corrected chi connectivity index (χ2v) is 14.0. The zero-order valence-corrected chi connectivity index (χ0v) is 29.9. The normalized spacial score (nSPS) is 18.4. The van der Waals surface area contributed by atoms with Crippen LogP contribution in [0.1, 0.15) is 61.9 Å². The minimum Gasteiger partial charge on any atom is -0.497 e. The van der Waals surface area contributed by atoms with Crippen LogP contribution in [0.3, 0.4) is 0 Å². The van der Waals surface area contributed by atoms with E-state index in [1.807, 2.05) is 84.9 Å². The van der Waals surface area contributed by atoms with E-state index in [0.717, 1.165) is 34.4 Å². The first-order valence-corrected chi connectivity index (χ1v) is 17.5. The third kappa shape index (κ3) is 8.25. The van der Waals surface area contributed by atoms with E-state index in [-0.39, 0.29) is 25.6 Å². The van der Waals surface area contributed by atoms with Crippen molar-refractivity contribution in [3.8, 4) is 5.75 Å². The molecule has 4 amide bonds. The lowest BCUT2D eigenvalue weighted by atomic mass is 9.82. The Kier molecular flexibility index (Phi) is 10.9. The highest BCUT2D eigenvalue weighted by Gasteiger charge is 2.57.